The van der Waals surface area contributed by atoms with Crippen LogP contribution < -0.4 is 0 Å². The van der Waals surface area contributed by atoms with E-state index in [9.17, 15) is 10.1 Å². The summed E-state index contributed by atoms with van der Waals surface area (Å²) < 4.78 is 0.450. The van der Waals surface area contributed by atoms with Gasteiger partial charge in [-0.2, -0.15) is 0 Å². The Bertz CT molecular complexity index is 415. The van der Waals surface area contributed by atoms with Crippen LogP contribution in [-0.4, -0.2) is 16.6 Å². The predicted molar refractivity (Wildman–Crippen MR) is 61.5 cm³/mol. The van der Waals surface area contributed by atoms with Gasteiger partial charge in [-0.1, -0.05) is 12.1 Å². The number of aliphatic hydroxyl groups excluding tert-OH is 1. The zero-order valence-electron chi connectivity index (χ0n) is 8.11. The third-order valence-corrected chi connectivity index (χ3v) is 2.50. The van der Waals surface area contributed by atoms with E-state index in [-0.39, 0.29) is 12.3 Å². The minimum absolute atomic E-state index is 0.0227. The van der Waals surface area contributed by atoms with Gasteiger partial charge in [0, 0.05) is 6.07 Å². The molecule has 4 nitrogen and oxygen atoms in total. The molecule has 0 spiro atoms. The minimum atomic E-state index is -0.449. The van der Waals surface area contributed by atoms with Gasteiger partial charge in [0.05, 0.1) is 16.0 Å². The topological polar surface area (TPSA) is 63.4 Å². The number of hydrogen-bond donors (Lipinski definition) is 1. The maximum atomic E-state index is 10.6. The second kappa shape index (κ2) is 5.04. The minimum Gasteiger partial charge on any atom is -0.392 e. The van der Waals surface area contributed by atoms with Gasteiger partial charge in [-0.25, -0.2) is 0 Å². The van der Waals surface area contributed by atoms with E-state index >= 15 is 0 Å². The Hall–Kier alpha value is -1.20. The standard InChI is InChI=1S/C10H10BrNO3/c1-7(6-13)4-8-2-3-9(11)10(5-8)12(14)15/h2-5,13H,6H2,1H3. The highest BCUT2D eigenvalue weighted by molar-refractivity contribution is 9.10. The predicted octanol–water partition coefficient (Wildman–Crippen LogP) is 2.75. The summed E-state index contributed by atoms with van der Waals surface area (Å²) in [7, 11) is 0. The number of rotatable bonds is 3. The summed E-state index contributed by atoms with van der Waals surface area (Å²) in [5, 5.41) is 19.5. The molecule has 0 unspecified atom stereocenters. The lowest BCUT2D eigenvalue weighted by Crippen LogP contribution is -1.90. The van der Waals surface area contributed by atoms with Crippen LogP contribution in [0.25, 0.3) is 6.08 Å². The SMILES string of the molecule is CC(=Cc1ccc(Br)c([N+](=O)[O-])c1)CO. The number of hydrogen-bond acceptors (Lipinski definition) is 3. The second-order valence-electron chi connectivity index (χ2n) is 3.12. The smallest absolute Gasteiger partial charge is 0.284 e. The summed E-state index contributed by atoms with van der Waals surface area (Å²) in [5.74, 6) is 0. The van der Waals surface area contributed by atoms with Crippen LogP contribution in [0.3, 0.4) is 0 Å². The molecule has 0 bridgehead atoms. The molecule has 0 saturated heterocycles. The van der Waals surface area contributed by atoms with Crippen LogP contribution in [0, 0.1) is 10.1 Å². The van der Waals surface area contributed by atoms with Gasteiger partial charge >= 0.3 is 0 Å². The fourth-order valence-electron chi connectivity index (χ4n) is 1.09. The van der Waals surface area contributed by atoms with Crippen molar-refractivity contribution in [1.82, 2.24) is 0 Å². The van der Waals surface area contributed by atoms with Gasteiger partial charge in [0.1, 0.15) is 0 Å². The maximum absolute atomic E-state index is 10.6. The molecule has 0 aromatic heterocycles. The molecule has 1 rings (SSSR count). The highest BCUT2D eigenvalue weighted by Gasteiger charge is 2.11. The average Bonchev–Trinajstić information content (AvgIpc) is 2.20. The number of halogens is 1. The first-order chi connectivity index (χ1) is 7.04. The highest BCUT2D eigenvalue weighted by atomic mass is 79.9. The van der Waals surface area contributed by atoms with E-state index in [4.69, 9.17) is 5.11 Å². The lowest BCUT2D eigenvalue weighted by atomic mass is 10.1. The molecular formula is C10H10BrNO3. The molecule has 1 aromatic carbocycles. The van der Waals surface area contributed by atoms with Crippen molar-refractivity contribution in [3.63, 3.8) is 0 Å². The van der Waals surface area contributed by atoms with E-state index in [2.05, 4.69) is 15.9 Å². The lowest BCUT2D eigenvalue weighted by molar-refractivity contribution is -0.385. The zero-order chi connectivity index (χ0) is 11.4. The molecule has 0 amide bonds. The van der Waals surface area contributed by atoms with Crippen LogP contribution >= 0.6 is 15.9 Å². The summed E-state index contributed by atoms with van der Waals surface area (Å²) in [5.41, 5.74) is 1.48. The van der Waals surface area contributed by atoms with Crippen molar-refractivity contribution in [1.29, 1.82) is 0 Å². The van der Waals surface area contributed by atoms with Crippen LogP contribution in [0.4, 0.5) is 5.69 Å². The third-order valence-electron chi connectivity index (χ3n) is 1.83. The molecule has 80 valence electrons. The van der Waals surface area contributed by atoms with Gasteiger partial charge in [-0.15, -0.1) is 0 Å². The van der Waals surface area contributed by atoms with Crippen molar-refractivity contribution >= 4 is 27.7 Å². The molecular weight excluding hydrogens is 262 g/mol. The van der Waals surface area contributed by atoms with E-state index in [1.54, 1.807) is 25.1 Å². The van der Waals surface area contributed by atoms with Crippen LogP contribution in [-0.2, 0) is 0 Å². The molecule has 0 saturated carbocycles. The number of nitro groups is 1. The Morgan fingerprint density at radius 2 is 2.33 bits per heavy atom. The molecule has 0 radical (unpaired) electrons. The molecule has 0 aliphatic carbocycles. The van der Waals surface area contributed by atoms with Crippen LogP contribution in [0.5, 0.6) is 0 Å². The normalized spacial score (nSPS) is 11.5. The van der Waals surface area contributed by atoms with Gasteiger partial charge < -0.3 is 5.11 Å². The first kappa shape index (κ1) is 11.9. The lowest BCUT2D eigenvalue weighted by Gasteiger charge is -1.99. The van der Waals surface area contributed by atoms with Crippen molar-refractivity contribution in [2.75, 3.05) is 6.61 Å². The largest absolute Gasteiger partial charge is 0.392 e. The quantitative estimate of drug-likeness (QED) is 0.679. The fraction of sp³-hybridized carbons (Fsp3) is 0.200. The van der Waals surface area contributed by atoms with Crippen molar-refractivity contribution in [2.45, 2.75) is 6.92 Å². The average molecular weight is 272 g/mol. The van der Waals surface area contributed by atoms with E-state index in [1.807, 2.05) is 0 Å². The molecule has 0 aliphatic heterocycles. The number of benzene rings is 1. The van der Waals surface area contributed by atoms with Gasteiger partial charge in [0.15, 0.2) is 0 Å². The molecule has 0 aliphatic rings. The van der Waals surface area contributed by atoms with Crippen molar-refractivity contribution in [3.8, 4) is 0 Å². The second-order valence-corrected chi connectivity index (χ2v) is 3.97. The Labute approximate surface area is 95.5 Å². The van der Waals surface area contributed by atoms with E-state index in [0.717, 1.165) is 5.57 Å². The first-order valence-corrected chi connectivity index (χ1v) is 5.06. The Morgan fingerprint density at radius 3 is 2.87 bits per heavy atom. The monoisotopic (exact) mass is 271 g/mol. The van der Waals surface area contributed by atoms with E-state index in [0.29, 0.717) is 10.0 Å². The molecule has 1 aromatic rings. The summed E-state index contributed by atoms with van der Waals surface area (Å²) in [6, 6.07) is 4.83. The Morgan fingerprint density at radius 1 is 1.67 bits per heavy atom. The summed E-state index contributed by atoms with van der Waals surface area (Å²) >= 11 is 3.10. The van der Waals surface area contributed by atoms with Gasteiger partial charge in [0.2, 0.25) is 0 Å². The molecule has 15 heavy (non-hydrogen) atoms. The number of nitro benzene ring substituents is 1. The van der Waals surface area contributed by atoms with E-state index < -0.39 is 4.92 Å². The number of aliphatic hydroxyl groups is 1. The van der Waals surface area contributed by atoms with Gasteiger partial charge in [-0.05, 0) is 40.1 Å². The molecule has 0 atom stereocenters. The molecule has 1 N–H and O–H groups in total. The maximum Gasteiger partial charge on any atom is 0.284 e. The molecule has 0 heterocycles. The summed E-state index contributed by atoms with van der Waals surface area (Å²) in [6.07, 6.45) is 1.71. The van der Waals surface area contributed by atoms with Crippen molar-refractivity contribution in [2.24, 2.45) is 0 Å². The molecule has 0 fully saturated rings. The van der Waals surface area contributed by atoms with Crippen LogP contribution in [0.1, 0.15) is 12.5 Å². The highest BCUT2D eigenvalue weighted by Crippen LogP contribution is 2.26. The van der Waals surface area contributed by atoms with Gasteiger partial charge in [-0.3, -0.25) is 10.1 Å². The van der Waals surface area contributed by atoms with Crippen LogP contribution in [0.15, 0.2) is 28.2 Å². The van der Waals surface area contributed by atoms with E-state index in [1.165, 1.54) is 6.07 Å². The summed E-state index contributed by atoms with van der Waals surface area (Å²) in [6.45, 7) is 1.71. The first-order valence-electron chi connectivity index (χ1n) is 4.26. The molecule has 5 heteroatoms. The fourth-order valence-corrected chi connectivity index (χ4v) is 1.48. The zero-order valence-corrected chi connectivity index (χ0v) is 9.69. The van der Waals surface area contributed by atoms with Crippen LogP contribution in [0.2, 0.25) is 0 Å². The Balaban J connectivity index is 3.13. The van der Waals surface area contributed by atoms with Gasteiger partial charge in [0.25, 0.3) is 5.69 Å². The Kier molecular flexibility index (Phi) is 3.99. The summed E-state index contributed by atoms with van der Waals surface area (Å²) in [4.78, 5) is 10.2. The van der Waals surface area contributed by atoms with Crippen molar-refractivity contribution < 1.29 is 10.0 Å². The third kappa shape index (κ3) is 3.14. The number of nitrogens with zero attached hydrogens (tertiary/aromatic N) is 1. The van der Waals surface area contributed by atoms with Crippen molar-refractivity contribution in [3.05, 3.63) is 43.9 Å².